The number of rotatable bonds is 4. The molecule has 1 aliphatic carbocycles. The largest absolute Gasteiger partial charge is 0.362 e. The summed E-state index contributed by atoms with van der Waals surface area (Å²) in [6, 6.07) is 0.616. The van der Waals surface area contributed by atoms with Crippen LogP contribution < -0.4 is 5.32 Å². The van der Waals surface area contributed by atoms with Gasteiger partial charge in [-0.3, -0.25) is 4.99 Å². The Balaban J connectivity index is 1.75. The van der Waals surface area contributed by atoms with Gasteiger partial charge in [0.2, 0.25) is 0 Å². The van der Waals surface area contributed by atoms with Crippen molar-refractivity contribution in [2.45, 2.75) is 31.7 Å². The summed E-state index contributed by atoms with van der Waals surface area (Å²) in [5, 5.41) is 4.49. The fourth-order valence-electron chi connectivity index (χ4n) is 2.41. The third-order valence-corrected chi connectivity index (χ3v) is 5.48. The molecule has 1 aliphatic heterocycles. The van der Waals surface area contributed by atoms with E-state index in [9.17, 15) is 8.42 Å². The molecule has 0 radical (unpaired) electrons. The molecule has 1 saturated heterocycles. The second-order valence-corrected chi connectivity index (χ2v) is 8.19. The van der Waals surface area contributed by atoms with Crippen LogP contribution in [0.15, 0.2) is 4.99 Å². The van der Waals surface area contributed by atoms with Gasteiger partial charge in [0.1, 0.15) is 9.84 Å². The number of nitrogens with zero attached hydrogens (tertiary/aromatic N) is 1. The molecule has 2 atom stereocenters. The minimum atomic E-state index is -2.84. The van der Waals surface area contributed by atoms with Crippen molar-refractivity contribution in [3.05, 3.63) is 0 Å². The van der Waals surface area contributed by atoms with Crippen LogP contribution in [0.1, 0.15) is 25.7 Å². The van der Waals surface area contributed by atoms with Crippen LogP contribution in [0.5, 0.6) is 0 Å². The van der Waals surface area contributed by atoms with Gasteiger partial charge in [-0.05, 0) is 25.2 Å². The molecule has 6 heteroatoms. The lowest BCUT2D eigenvalue weighted by atomic mass is 10.1. The van der Waals surface area contributed by atoms with Crippen molar-refractivity contribution >= 4 is 26.8 Å². The van der Waals surface area contributed by atoms with Gasteiger partial charge in [0.25, 0.3) is 0 Å². The molecule has 0 aromatic heterocycles. The van der Waals surface area contributed by atoms with E-state index in [1.165, 1.54) is 31.3 Å². The molecule has 1 saturated carbocycles. The second kappa shape index (κ2) is 5.61. The molecule has 0 spiro atoms. The maximum absolute atomic E-state index is 11.0. The number of sulfone groups is 1. The Bertz CT molecular complexity index is 392. The van der Waals surface area contributed by atoms with Crippen LogP contribution >= 0.6 is 11.8 Å². The molecule has 2 rings (SSSR count). The number of nitrogens with one attached hydrogen (secondary N) is 1. The SMILES string of the molecule is CS(=O)(=O)CCCN=C1NC2CCCC2CS1. The smallest absolute Gasteiger partial charge is 0.156 e. The lowest BCUT2D eigenvalue weighted by molar-refractivity contribution is 0.489. The van der Waals surface area contributed by atoms with Gasteiger partial charge >= 0.3 is 0 Å². The van der Waals surface area contributed by atoms with Crippen LogP contribution in [0.2, 0.25) is 0 Å². The van der Waals surface area contributed by atoms with Crippen molar-refractivity contribution in [3.8, 4) is 0 Å². The highest BCUT2D eigenvalue weighted by Crippen LogP contribution is 2.32. The molecular weight excluding hydrogens is 256 g/mol. The molecule has 2 aliphatic rings. The van der Waals surface area contributed by atoms with E-state index < -0.39 is 9.84 Å². The molecule has 1 N–H and O–H groups in total. The first kappa shape index (κ1) is 13.2. The van der Waals surface area contributed by atoms with Crippen molar-refractivity contribution < 1.29 is 8.42 Å². The molecule has 4 nitrogen and oxygen atoms in total. The molecule has 0 bridgehead atoms. The lowest BCUT2D eigenvalue weighted by Gasteiger charge is -2.28. The number of hydrogen-bond donors (Lipinski definition) is 1. The zero-order valence-electron chi connectivity index (χ0n) is 10.2. The van der Waals surface area contributed by atoms with Gasteiger partial charge < -0.3 is 5.32 Å². The highest BCUT2D eigenvalue weighted by Gasteiger charge is 2.31. The Kier molecular flexibility index (Phi) is 4.36. The van der Waals surface area contributed by atoms with Gasteiger partial charge in [0, 0.05) is 24.6 Å². The first-order valence-electron chi connectivity index (χ1n) is 6.16. The van der Waals surface area contributed by atoms with E-state index in [-0.39, 0.29) is 5.75 Å². The Hall–Kier alpha value is -0.230. The average Bonchev–Trinajstić information content (AvgIpc) is 2.70. The number of hydrogen-bond acceptors (Lipinski definition) is 4. The van der Waals surface area contributed by atoms with Gasteiger partial charge in [-0.2, -0.15) is 0 Å². The number of fused-ring (bicyclic) bond motifs is 1. The molecular formula is C11H20N2O2S2. The van der Waals surface area contributed by atoms with E-state index in [2.05, 4.69) is 10.3 Å². The maximum atomic E-state index is 11.0. The molecule has 17 heavy (non-hydrogen) atoms. The summed E-state index contributed by atoms with van der Waals surface area (Å²) >= 11 is 1.79. The summed E-state index contributed by atoms with van der Waals surface area (Å²) < 4.78 is 21.9. The Morgan fingerprint density at radius 1 is 1.47 bits per heavy atom. The highest BCUT2D eigenvalue weighted by atomic mass is 32.2. The second-order valence-electron chi connectivity index (χ2n) is 4.92. The standard InChI is InChI=1S/C11H20N2O2S2/c1-17(14,15)7-3-6-12-11-13-10-5-2-4-9(10)8-16-11/h9-10H,2-8H2,1H3,(H,12,13). The molecule has 0 aromatic rings. The van der Waals surface area contributed by atoms with Gasteiger partial charge in [-0.15, -0.1) is 0 Å². The van der Waals surface area contributed by atoms with E-state index in [4.69, 9.17) is 0 Å². The monoisotopic (exact) mass is 276 g/mol. The highest BCUT2D eigenvalue weighted by molar-refractivity contribution is 8.13. The van der Waals surface area contributed by atoms with E-state index in [0.29, 0.717) is 19.0 Å². The van der Waals surface area contributed by atoms with Crippen LogP contribution in [0.4, 0.5) is 0 Å². The van der Waals surface area contributed by atoms with Crippen LogP contribution in [-0.2, 0) is 9.84 Å². The van der Waals surface area contributed by atoms with Gasteiger partial charge in [0.05, 0.1) is 5.75 Å². The van der Waals surface area contributed by atoms with Crippen molar-refractivity contribution in [3.63, 3.8) is 0 Å². The minimum Gasteiger partial charge on any atom is -0.362 e. The maximum Gasteiger partial charge on any atom is 0.156 e. The minimum absolute atomic E-state index is 0.237. The van der Waals surface area contributed by atoms with Crippen LogP contribution in [0.3, 0.4) is 0 Å². The summed E-state index contributed by atoms with van der Waals surface area (Å²) in [4.78, 5) is 4.45. The van der Waals surface area contributed by atoms with Crippen molar-refractivity contribution in [1.29, 1.82) is 0 Å². The fourth-order valence-corrected chi connectivity index (χ4v) is 4.25. The van der Waals surface area contributed by atoms with Gasteiger partial charge in [0.15, 0.2) is 5.17 Å². The summed E-state index contributed by atoms with van der Waals surface area (Å²) in [5.74, 6) is 2.22. The van der Waals surface area contributed by atoms with Crippen LogP contribution in [0.25, 0.3) is 0 Å². The Labute approximate surface area is 108 Å². The third kappa shape index (κ3) is 4.17. The van der Waals surface area contributed by atoms with Crippen LogP contribution in [0, 0.1) is 5.92 Å². The summed E-state index contributed by atoms with van der Waals surface area (Å²) in [5.41, 5.74) is 0. The van der Waals surface area contributed by atoms with Crippen LogP contribution in [-0.4, -0.2) is 43.9 Å². The Morgan fingerprint density at radius 3 is 3.06 bits per heavy atom. The predicted octanol–water partition coefficient (Wildman–Crippen LogP) is 1.28. The third-order valence-electron chi connectivity index (χ3n) is 3.33. The molecule has 98 valence electrons. The van der Waals surface area contributed by atoms with Crippen molar-refractivity contribution in [2.24, 2.45) is 10.9 Å². The van der Waals surface area contributed by atoms with E-state index in [1.807, 2.05) is 0 Å². The topological polar surface area (TPSA) is 58.5 Å². The Morgan fingerprint density at radius 2 is 2.29 bits per heavy atom. The predicted molar refractivity (Wildman–Crippen MR) is 73.4 cm³/mol. The molecule has 2 fully saturated rings. The van der Waals surface area contributed by atoms with Crippen molar-refractivity contribution in [1.82, 2.24) is 5.32 Å². The summed E-state index contributed by atoms with van der Waals surface area (Å²) in [6.45, 7) is 0.611. The van der Waals surface area contributed by atoms with Crippen molar-refractivity contribution in [2.75, 3.05) is 24.3 Å². The van der Waals surface area contributed by atoms with E-state index in [1.54, 1.807) is 11.8 Å². The number of aliphatic imine (C=N–C) groups is 1. The normalized spacial score (nSPS) is 31.2. The lowest BCUT2D eigenvalue weighted by Crippen LogP contribution is -2.41. The van der Waals surface area contributed by atoms with Gasteiger partial charge in [-0.25, -0.2) is 8.42 Å². The number of thioether (sulfide) groups is 1. The summed E-state index contributed by atoms with van der Waals surface area (Å²) in [6.07, 6.45) is 5.82. The molecule has 0 aromatic carbocycles. The fraction of sp³-hybridized carbons (Fsp3) is 0.909. The zero-order chi connectivity index (χ0) is 12.3. The van der Waals surface area contributed by atoms with E-state index in [0.717, 1.165) is 11.1 Å². The first-order chi connectivity index (χ1) is 8.04. The summed E-state index contributed by atoms with van der Waals surface area (Å²) in [7, 11) is -2.84. The first-order valence-corrected chi connectivity index (χ1v) is 9.21. The quantitative estimate of drug-likeness (QED) is 0.786. The molecule has 1 heterocycles. The van der Waals surface area contributed by atoms with Gasteiger partial charge in [-0.1, -0.05) is 18.2 Å². The molecule has 0 amide bonds. The van der Waals surface area contributed by atoms with E-state index >= 15 is 0 Å². The zero-order valence-corrected chi connectivity index (χ0v) is 11.8. The molecule has 2 unspecified atom stereocenters. The number of amidine groups is 1. The average molecular weight is 276 g/mol.